The van der Waals surface area contributed by atoms with Crippen molar-refractivity contribution in [3.05, 3.63) is 102 Å². The van der Waals surface area contributed by atoms with Crippen molar-refractivity contribution in [1.29, 1.82) is 0 Å². The van der Waals surface area contributed by atoms with Crippen molar-refractivity contribution in [2.45, 2.75) is 146 Å². The molecular formula is C60H83N15O14. The van der Waals surface area contributed by atoms with Crippen LogP contribution in [0.5, 0.6) is 5.75 Å². The number of aromatic amines is 1. The Bertz CT molecular complexity index is 3120. The number of alkyl carbamates (subject to hydrolysis) is 1. The lowest BCUT2D eigenvalue weighted by Gasteiger charge is -2.30. The van der Waals surface area contributed by atoms with Crippen molar-refractivity contribution < 1.29 is 67.7 Å². The number of phenolic OH excluding ortho intramolecular Hbond substituents is 1. The van der Waals surface area contributed by atoms with Gasteiger partial charge in [0.25, 0.3) is 0 Å². The van der Waals surface area contributed by atoms with Gasteiger partial charge >= 0.3 is 6.09 Å². The second-order valence-electron chi connectivity index (χ2n) is 21.9. The highest BCUT2D eigenvalue weighted by atomic mass is 16.5. The zero-order chi connectivity index (χ0) is 65.2. The number of aromatic hydroxyl groups is 1. The molecule has 8 atom stereocenters. The fourth-order valence-electron chi connectivity index (χ4n) is 9.91. The minimum Gasteiger partial charge on any atom is -0.508 e. The van der Waals surface area contributed by atoms with Gasteiger partial charge in [-0.15, -0.1) is 0 Å². The van der Waals surface area contributed by atoms with Crippen LogP contribution in [0.15, 0.2) is 90.1 Å². The average Bonchev–Trinajstić information content (AvgIpc) is 4.13. The number of hydrogen-bond acceptors (Lipinski definition) is 15. The normalized spacial score (nSPS) is 15.1. The molecule has 1 aliphatic rings. The Balaban J connectivity index is 1.39. The van der Waals surface area contributed by atoms with Crippen molar-refractivity contribution >= 4 is 82.0 Å². The number of phenols is 1. The van der Waals surface area contributed by atoms with E-state index >= 15 is 0 Å². The summed E-state index contributed by atoms with van der Waals surface area (Å²) in [6.45, 7) is 4.71. The van der Waals surface area contributed by atoms with Gasteiger partial charge in [0.2, 0.25) is 59.1 Å². The Hall–Kier alpha value is -9.80. The van der Waals surface area contributed by atoms with Gasteiger partial charge in [-0.2, -0.15) is 0 Å². The monoisotopic (exact) mass is 1240 g/mol. The van der Waals surface area contributed by atoms with Crippen LogP contribution in [0.25, 0.3) is 10.9 Å². The number of fused-ring (bicyclic) bond motifs is 1. The number of carbonyl (C=O) groups excluding carboxylic acids is 11. The topological polar surface area (TPSA) is 469 Å². The first-order valence-electron chi connectivity index (χ1n) is 29.4. The molecule has 3 aromatic carbocycles. The number of carbonyl (C=O) groups is 11. The SMILES string of the molecule is CCNC(=O)[C@@H]1CCCN1C(=O)[C@H](CCCN=C(N)N)NC(=O)[C@H](CC(C)C)NC(=O)[C@@H](CCC(N)=O)NC(=O)[C@H](Cc1ccc(O)cc1)NC(=O)[C@H](CO)NC(=O)[C@H](Cc1c[nH]c2ccccc12)NC(=O)[C@H](CCC(N)=O)NC(=O)OCc1ccccc1. The molecule has 19 N–H and O–H groups in total. The number of guanidine groups is 1. The van der Waals surface area contributed by atoms with E-state index in [0.717, 1.165) is 0 Å². The first kappa shape index (κ1) is 70.0. The molecule has 11 amide bonds. The summed E-state index contributed by atoms with van der Waals surface area (Å²) in [4.78, 5) is 159. The lowest BCUT2D eigenvalue weighted by Crippen LogP contribution is -2.61. The number of ether oxygens (including phenoxy) is 1. The molecule has 0 radical (unpaired) electrons. The molecule has 89 heavy (non-hydrogen) atoms. The van der Waals surface area contributed by atoms with E-state index < -0.39 is 127 Å². The van der Waals surface area contributed by atoms with E-state index in [1.54, 1.807) is 81.6 Å². The van der Waals surface area contributed by atoms with E-state index in [-0.39, 0.29) is 88.2 Å². The number of likely N-dealkylation sites (tertiary alicyclic amines) is 1. The van der Waals surface area contributed by atoms with E-state index in [0.29, 0.717) is 47.0 Å². The van der Waals surface area contributed by atoms with Crippen molar-refractivity contribution in [2.24, 2.45) is 33.8 Å². The molecule has 0 aliphatic carbocycles. The second-order valence-corrected chi connectivity index (χ2v) is 21.9. The third kappa shape index (κ3) is 22.8. The van der Waals surface area contributed by atoms with Gasteiger partial charge in [-0.05, 0) is 92.7 Å². The standard InChI is InChI=1S/C60H83N15O14/c1-4-65-57(86)48-17-11-27-75(48)58(87)43(16-10-26-66-59(63)64)69-53(82)44(28-34(2)3)70-51(80)41(22-24-49(61)78)68-54(83)45(29-35-18-20-38(77)21-19-35)71-56(85)47(32-76)73-55(84)46(30-37-31-67-40-15-9-8-14-39(37)40)72-52(81)42(23-25-50(62)79)74-60(88)89-33-36-12-6-5-7-13-36/h5-9,12-15,18-21,31,34,41-48,67,76-77H,4,10-11,16-17,22-30,32-33H2,1-3H3,(H2,61,78)(H2,62,79)(H,65,86)(H,68,83)(H,69,82)(H,70,80)(H,71,85)(H,72,81)(H,73,84)(H,74,88)(H4,63,64,66)/t41-,42+,43+,44+,45+,46+,47+,48+/m1/s1. The summed E-state index contributed by atoms with van der Waals surface area (Å²) in [5, 5.41) is 42.2. The molecule has 0 unspecified atom stereocenters. The number of likely N-dealkylation sites (N-methyl/N-ethyl adjacent to an activating group) is 1. The molecule has 0 bridgehead atoms. The highest BCUT2D eigenvalue weighted by molar-refractivity contribution is 5.99. The molecule has 29 nitrogen and oxygen atoms in total. The van der Waals surface area contributed by atoms with Gasteiger partial charge in [-0.3, -0.25) is 52.9 Å². The number of aromatic nitrogens is 1. The number of para-hydroxylation sites is 1. The van der Waals surface area contributed by atoms with Crippen LogP contribution in [-0.4, -0.2) is 166 Å². The number of aliphatic hydroxyl groups is 1. The van der Waals surface area contributed by atoms with Crippen LogP contribution in [0.3, 0.4) is 0 Å². The van der Waals surface area contributed by atoms with Crippen LogP contribution in [-0.2, 0) is 72.1 Å². The Morgan fingerprint density at radius 3 is 1.79 bits per heavy atom. The van der Waals surface area contributed by atoms with Gasteiger partial charge in [-0.1, -0.05) is 74.5 Å². The van der Waals surface area contributed by atoms with Crippen LogP contribution >= 0.6 is 0 Å². The molecule has 0 spiro atoms. The summed E-state index contributed by atoms with van der Waals surface area (Å²) in [7, 11) is 0. The van der Waals surface area contributed by atoms with E-state index in [4.69, 9.17) is 27.7 Å². The highest BCUT2D eigenvalue weighted by Gasteiger charge is 2.39. The summed E-state index contributed by atoms with van der Waals surface area (Å²) < 4.78 is 5.32. The lowest BCUT2D eigenvalue weighted by atomic mass is 10.00. The van der Waals surface area contributed by atoms with Gasteiger partial charge in [-0.25, -0.2) is 4.79 Å². The van der Waals surface area contributed by atoms with E-state index in [2.05, 4.69) is 52.5 Å². The predicted molar refractivity (Wildman–Crippen MR) is 326 cm³/mol. The van der Waals surface area contributed by atoms with Crippen molar-refractivity contribution in [2.75, 3.05) is 26.2 Å². The first-order chi connectivity index (χ1) is 42.5. The number of aliphatic imine (C=N–C) groups is 1. The molecule has 5 rings (SSSR count). The van der Waals surface area contributed by atoms with Gasteiger partial charge in [0.05, 0.1) is 6.61 Å². The Morgan fingerprint density at radius 2 is 1.18 bits per heavy atom. The zero-order valence-corrected chi connectivity index (χ0v) is 50.1. The molecular weight excluding hydrogens is 1150 g/mol. The number of primary amides is 2. The maximum Gasteiger partial charge on any atom is 0.408 e. The van der Waals surface area contributed by atoms with Crippen LogP contribution in [0.2, 0.25) is 0 Å². The van der Waals surface area contributed by atoms with Gasteiger partial charge in [0.1, 0.15) is 60.7 Å². The van der Waals surface area contributed by atoms with Crippen molar-refractivity contribution in [3.63, 3.8) is 0 Å². The maximum absolute atomic E-state index is 14.6. The number of H-pyrrole nitrogens is 1. The number of amides is 11. The summed E-state index contributed by atoms with van der Waals surface area (Å²) in [5.41, 5.74) is 24.2. The highest BCUT2D eigenvalue weighted by Crippen LogP contribution is 2.22. The third-order valence-corrected chi connectivity index (χ3v) is 14.5. The molecule has 29 heteroatoms. The van der Waals surface area contributed by atoms with Gasteiger partial charge in [0, 0.05) is 62.4 Å². The predicted octanol–water partition coefficient (Wildman–Crippen LogP) is -1.39. The molecule has 0 saturated carbocycles. The van der Waals surface area contributed by atoms with Crippen LogP contribution < -0.4 is 65.5 Å². The number of nitrogens with two attached hydrogens (primary N) is 4. The molecule has 1 fully saturated rings. The fourth-order valence-corrected chi connectivity index (χ4v) is 9.91. The number of aliphatic hydroxyl groups excluding tert-OH is 1. The molecule has 1 aromatic heterocycles. The summed E-state index contributed by atoms with van der Waals surface area (Å²) >= 11 is 0. The summed E-state index contributed by atoms with van der Waals surface area (Å²) in [6, 6.07) is 9.70. The van der Waals surface area contributed by atoms with Crippen molar-refractivity contribution in [3.8, 4) is 5.75 Å². The number of nitrogens with zero attached hydrogens (tertiary/aromatic N) is 2. The third-order valence-electron chi connectivity index (χ3n) is 14.5. The Labute approximate surface area is 514 Å². The van der Waals surface area contributed by atoms with Crippen LogP contribution in [0.4, 0.5) is 4.79 Å². The first-order valence-corrected chi connectivity index (χ1v) is 29.4. The Kier molecular flexibility index (Phi) is 27.6. The minimum atomic E-state index is -1.84. The number of rotatable bonds is 35. The van der Waals surface area contributed by atoms with E-state index in [9.17, 15) is 63.0 Å². The van der Waals surface area contributed by atoms with E-state index in [1.165, 1.54) is 29.2 Å². The summed E-state index contributed by atoms with van der Waals surface area (Å²) in [5.74, 6) is -9.07. The smallest absolute Gasteiger partial charge is 0.408 e. The van der Waals surface area contributed by atoms with Gasteiger partial charge in [0.15, 0.2) is 5.96 Å². The number of nitrogens with one attached hydrogen (secondary N) is 9. The maximum atomic E-state index is 14.6. The van der Waals surface area contributed by atoms with Crippen LogP contribution in [0, 0.1) is 5.92 Å². The number of benzene rings is 3. The molecule has 1 aliphatic heterocycles. The lowest BCUT2D eigenvalue weighted by molar-refractivity contribution is -0.142. The zero-order valence-electron chi connectivity index (χ0n) is 50.1. The quantitative estimate of drug-likeness (QED) is 0.0143. The second kappa shape index (κ2) is 35.1. The Morgan fingerprint density at radius 1 is 0.640 bits per heavy atom. The largest absolute Gasteiger partial charge is 0.508 e. The fraction of sp³-hybridized carbons (Fsp3) is 0.467. The van der Waals surface area contributed by atoms with Crippen LogP contribution in [0.1, 0.15) is 95.2 Å². The minimum absolute atomic E-state index is 0.00489. The van der Waals surface area contributed by atoms with Gasteiger partial charge < -0.3 is 90.3 Å². The molecule has 482 valence electrons. The molecule has 1 saturated heterocycles. The average molecular weight is 1240 g/mol. The van der Waals surface area contributed by atoms with Crippen molar-refractivity contribution in [1.82, 2.24) is 52.4 Å². The van der Waals surface area contributed by atoms with E-state index in [1.807, 2.05) is 0 Å². The summed E-state index contributed by atoms with van der Waals surface area (Å²) in [6.07, 6.45) is -0.389. The molecule has 2 heterocycles. The molecule has 4 aromatic rings. The number of hydrogen-bond donors (Lipinski definition) is 15.